The number of unbranched alkanes of at least 4 members (excludes halogenated alkanes) is 2. The monoisotopic (exact) mass is 142 g/mol. The van der Waals surface area contributed by atoms with Crippen LogP contribution in [0.25, 0.3) is 0 Å². The molecule has 0 atom stereocenters. The standard InChI is InChI=1S/C7H10O3/c8-6-4-2-1-3-5-7(9)10/h3,5-6H,1-2,4H2,(H,9,10)/b5-3+. The fraction of sp³-hybridized carbons (Fsp3) is 0.429. The van der Waals surface area contributed by atoms with Gasteiger partial charge in [0, 0.05) is 12.5 Å². The van der Waals surface area contributed by atoms with E-state index in [0.717, 1.165) is 18.8 Å². The van der Waals surface area contributed by atoms with Gasteiger partial charge in [-0.05, 0) is 12.8 Å². The third kappa shape index (κ3) is 6.88. The van der Waals surface area contributed by atoms with Crippen molar-refractivity contribution in [2.75, 3.05) is 0 Å². The summed E-state index contributed by atoms with van der Waals surface area (Å²) in [4.78, 5) is 19.6. The van der Waals surface area contributed by atoms with Gasteiger partial charge in [-0.25, -0.2) is 4.79 Å². The van der Waals surface area contributed by atoms with Crippen molar-refractivity contribution in [2.24, 2.45) is 0 Å². The molecular formula is C7H10O3. The van der Waals surface area contributed by atoms with Gasteiger partial charge in [-0.3, -0.25) is 0 Å². The maximum Gasteiger partial charge on any atom is 0.327 e. The summed E-state index contributed by atoms with van der Waals surface area (Å²) < 4.78 is 0. The number of rotatable bonds is 5. The van der Waals surface area contributed by atoms with E-state index in [9.17, 15) is 9.59 Å². The Hall–Kier alpha value is -1.12. The van der Waals surface area contributed by atoms with E-state index in [1.54, 1.807) is 6.08 Å². The van der Waals surface area contributed by atoms with Crippen LogP contribution in [0.2, 0.25) is 0 Å². The Morgan fingerprint density at radius 1 is 1.40 bits per heavy atom. The van der Waals surface area contributed by atoms with Crippen LogP contribution < -0.4 is 0 Å². The van der Waals surface area contributed by atoms with Crippen LogP contribution in [0.15, 0.2) is 12.2 Å². The van der Waals surface area contributed by atoms with Gasteiger partial charge in [0.25, 0.3) is 0 Å². The average molecular weight is 142 g/mol. The number of carbonyl (C=O) groups excluding carboxylic acids is 1. The normalized spacial score (nSPS) is 10.0. The average Bonchev–Trinajstić information content (AvgIpc) is 1.87. The molecule has 0 saturated carbocycles. The molecule has 56 valence electrons. The Kier molecular flexibility index (Phi) is 5.33. The highest BCUT2D eigenvalue weighted by Crippen LogP contribution is 1.92. The van der Waals surface area contributed by atoms with Crippen molar-refractivity contribution in [2.45, 2.75) is 19.3 Å². The van der Waals surface area contributed by atoms with Crippen molar-refractivity contribution in [3.63, 3.8) is 0 Å². The molecule has 10 heavy (non-hydrogen) atoms. The highest BCUT2D eigenvalue weighted by molar-refractivity contribution is 5.79. The van der Waals surface area contributed by atoms with Crippen molar-refractivity contribution >= 4 is 12.3 Å². The van der Waals surface area contributed by atoms with Crippen molar-refractivity contribution in [1.82, 2.24) is 0 Å². The summed E-state index contributed by atoms with van der Waals surface area (Å²) in [5.74, 6) is -0.939. The molecule has 0 aliphatic rings. The summed E-state index contributed by atoms with van der Waals surface area (Å²) in [7, 11) is 0. The first kappa shape index (κ1) is 8.88. The predicted molar refractivity (Wildman–Crippen MR) is 36.7 cm³/mol. The Morgan fingerprint density at radius 2 is 2.10 bits per heavy atom. The molecule has 0 heterocycles. The molecule has 0 aliphatic heterocycles. The molecule has 0 aromatic rings. The summed E-state index contributed by atoms with van der Waals surface area (Å²) in [6, 6.07) is 0. The van der Waals surface area contributed by atoms with E-state index in [2.05, 4.69) is 0 Å². The van der Waals surface area contributed by atoms with Gasteiger partial charge < -0.3 is 9.90 Å². The number of aldehydes is 1. The van der Waals surface area contributed by atoms with Gasteiger partial charge >= 0.3 is 5.97 Å². The van der Waals surface area contributed by atoms with Crippen LogP contribution in [0.1, 0.15) is 19.3 Å². The van der Waals surface area contributed by atoms with Crippen LogP contribution in [0.3, 0.4) is 0 Å². The molecule has 3 nitrogen and oxygen atoms in total. The van der Waals surface area contributed by atoms with Crippen molar-refractivity contribution in [3.8, 4) is 0 Å². The second kappa shape index (κ2) is 6.01. The molecule has 3 heteroatoms. The van der Waals surface area contributed by atoms with Crippen LogP contribution in [0.4, 0.5) is 0 Å². The van der Waals surface area contributed by atoms with Gasteiger partial charge in [0.1, 0.15) is 6.29 Å². The lowest BCUT2D eigenvalue weighted by molar-refractivity contribution is -0.131. The first-order valence-corrected chi connectivity index (χ1v) is 3.10. The van der Waals surface area contributed by atoms with Crippen molar-refractivity contribution < 1.29 is 14.7 Å². The van der Waals surface area contributed by atoms with E-state index >= 15 is 0 Å². The lowest BCUT2D eigenvalue weighted by Crippen LogP contribution is -1.85. The molecular weight excluding hydrogens is 132 g/mol. The molecule has 0 aromatic heterocycles. The number of hydrogen-bond donors (Lipinski definition) is 1. The smallest absolute Gasteiger partial charge is 0.327 e. The zero-order chi connectivity index (χ0) is 7.82. The molecule has 0 saturated heterocycles. The second-order valence-electron chi connectivity index (χ2n) is 1.84. The lowest BCUT2D eigenvalue weighted by Gasteiger charge is -1.84. The Morgan fingerprint density at radius 3 is 2.60 bits per heavy atom. The van der Waals surface area contributed by atoms with Crippen molar-refractivity contribution in [3.05, 3.63) is 12.2 Å². The van der Waals surface area contributed by atoms with E-state index in [1.165, 1.54) is 0 Å². The van der Waals surface area contributed by atoms with Crippen LogP contribution in [-0.2, 0) is 9.59 Å². The highest BCUT2D eigenvalue weighted by atomic mass is 16.4. The third-order valence-corrected chi connectivity index (χ3v) is 0.953. The van der Waals surface area contributed by atoms with Gasteiger partial charge in [0.15, 0.2) is 0 Å². The minimum atomic E-state index is -0.939. The van der Waals surface area contributed by atoms with Crippen LogP contribution in [0, 0.1) is 0 Å². The van der Waals surface area contributed by atoms with E-state index < -0.39 is 5.97 Å². The van der Waals surface area contributed by atoms with E-state index in [-0.39, 0.29) is 0 Å². The maximum atomic E-state index is 9.88. The highest BCUT2D eigenvalue weighted by Gasteiger charge is 1.84. The van der Waals surface area contributed by atoms with Gasteiger partial charge in [-0.2, -0.15) is 0 Å². The fourth-order valence-corrected chi connectivity index (χ4v) is 0.503. The number of carboxylic acid groups (broad SMARTS) is 1. The second-order valence-corrected chi connectivity index (χ2v) is 1.84. The number of aliphatic carboxylic acids is 1. The van der Waals surface area contributed by atoms with Crippen molar-refractivity contribution in [1.29, 1.82) is 0 Å². The molecule has 0 spiro atoms. The fourth-order valence-electron chi connectivity index (χ4n) is 0.503. The minimum Gasteiger partial charge on any atom is -0.478 e. The molecule has 0 rings (SSSR count). The molecule has 0 unspecified atom stereocenters. The van der Waals surface area contributed by atoms with Crippen LogP contribution in [0.5, 0.6) is 0 Å². The maximum absolute atomic E-state index is 9.88. The zero-order valence-corrected chi connectivity index (χ0v) is 5.62. The van der Waals surface area contributed by atoms with E-state index in [4.69, 9.17) is 5.11 Å². The summed E-state index contributed by atoms with van der Waals surface area (Å²) in [5, 5.41) is 8.11. The molecule has 0 aromatic carbocycles. The molecule has 1 N–H and O–H groups in total. The Balaban J connectivity index is 3.18. The quantitative estimate of drug-likeness (QED) is 0.354. The van der Waals surface area contributed by atoms with E-state index in [1.807, 2.05) is 0 Å². The lowest BCUT2D eigenvalue weighted by atomic mass is 10.2. The minimum absolute atomic E-state index is 0.504. The van der Waals surface area contributed by atoms with Crippen LogP contribution >= 0.6 is 0 Å². The molecule has 0 amide bonds. The first-order chi connectivity index (χ1) is 4.77. The largest absolute Gasteiger partial charge is 0.478 e. The molecule has 0 radical (unpaired) electrons. The third-order valence-electron chi connectivity index (χ3n) is 0.953. The molecule has 0 aliphatic carbocycles. The van der Waals surface area contributed by atoms with Crippen LogP contribution in [-0.4, -0.2) is 17.4 Å². The summed E-state index contributed by atoms with van der Waals surface area (Å²) >= 11 is 0. The summed E-state index contributed by atoms with van der Waals surface area (Å²) in [6.07, 6.45) is 5.35. The van der Waals surface area contributed by atoms with Gasteiger partial charge in [0.05, 0.1) is 0 Å². The van der Waals surface area contributed by atoms with Gasteiger partial charge in [-0.15, -0.1) is 0 Å². The molecule has 0 bridgehead atoms. The summed E-state index contributed by atoms with van der Waals surface area (Å²) in [6.45, 7) is 0. The topological polar surface area (TPSA) is 54.4 Å². The first-order valence-electron chi connectivity index (χ1n) is 3.10. The van der Waals surface area contributed by atoms with Gasteiger partial charge in [0.2, 0.25) is 0 Å². The van der Waals surface area contributed by atoms with E-state index in [0.29, 0.717) is 12.8 Å². The SMILES string of the molecule is O=CCCC/C=C/C(=O)O. The van der Waals surface area contributed by atoms with Gasteiger partial charge in [-0.1, -0.05) is 6.08 Å². The summed E-state index contributed by atoms with van der Waals surface area (Å²) in [5.41, 5.74) is 0. The zero-order valence-electron chi connectivity index (χ0n) is 5.62. The number of allylic oxidation sites excluding steroid dienone is 1. The molecule has 0 fully saturated rings. The Bertz CT molecular complexity index is 138. The number of hydrogen-bond acceptors (Lipinski definition) is 2. The predicted octanol–water partition coefficient (Wildman–Crippen LogP) is 0.996. The number of carbonyl (C=O) groups is 2. The Labute approximate surface area is 59.4 Å². The number of carboxylic acids is 1.